The SMILES string of the molecule is CC(OC(=O)COc1ccccc1[N+](=O)[O-])C(=O)Nc1cc(Cl)ccc1Cl. The van der Waals surface area contributed by atoms with Crippen molar-refractivity contribution in [1.29, 1.82) is 0 Å². The second-order valence-corrected chi connectivity index (χ2v) is 6.10. The standard InChI is InChI=1S/C17H14Cl2N2O6/c1-10(17(23)20-13-8-11(18)6-7-12(13)19)27-16(22)9-26-15-5-3-2-4-14(15)21(24)25/h2-8,10H,9H2,1H3,(H,20,23). The second-order valence-electron chi connectivity index (χ2n) is 5.26. The van der Waals surface area contributed by atoms with Gasteiger partial charge in [0, 0.05) is 11.1 Å². The van der Waals surface area contributed by atoms with Gasteiger partial charge >= 0.3 is 11.7 Å². The lowest BCUT2D eigenvalue weighted by molar-refractivity contribution is -0.385. The Bertz CT molecular complexity index is 874. The molecule has 2 aromatic carbocycles. The fourth-order valence-corrected chi connectivity index (χ4v) is 2.32. The molecule has 1 N–H and O–H groups in total. The number of hydrogen-bond donors (Lipinski definition) is 1. The van der Waals surface area contributed by atoms with Crippen LogP contribution in [0.3, 0.4) is 0 Å². The molecule has 0 heterocycles. The minimum absolute atomic E-state index is 0.0812. The lowest BCUT2D eigenvalue weighted by Crippen LogP contribution is -2.31. The first kappa shape index (κ1) is 20.5. The highest BCUT2D eigenvalue weighted by atomic mass is 35.5. The number of nitrogens with one attached hydrogen (secondary N) is 1. The lowest BCUT2D eigenvalue weighted by Gasteiger charge is -2.14. The summed E-state index contributed by atoms with van der Waals surface area (Å²) in [6.07, 6.45) is -1.15. The number of anilines is 1. The summed E-state index contributed by atoms with van der Waals surface area (Å²) in [5, 5.41) is 14.0. The summed E-state index contributed by atoms with van der Waals surface area (Å²) in [4.78, 5) is 34.2. The van der Waals surface area contributed by atoms with Gasteiger partial charge in [0.1, 0.15) is 0 Å². The number of halogens is 2. The highest BCUT2D eigenvalue weighted by molar-refractivity contribution is 6.35. The molecule has 2 rings (SSSR count). The maximum atomic E-state index is 12.1. The van der Waals surface area contributed by atoms with E-state index in [2.05, 4.69) is 5.32 Å². The molecule has 0 bridgehead atoms. The van der Waals surface area contributed by atoms with Gasteiger partial charge in [-0.3, -0.25) is 14.9 Å². The Balaban J connectivity index is 1.91. The largest absolute Gasteiger partial charge is 0.475 e. The molecule has 0 aliphatic carbocycles. The van der Waals surface area contributed by atoms with E-state index in [4.69, 9.17) is 32.7 Å². The molecular weight excluding hydrogens is 399 g/mol. The lowest BCUT2D eigenvalue weighted by atomic mass is 10.3. The van der Waals surface area contributed by atoms with Gasteiger partial charge < -0.3 is 14.8 Å². The van der Waals surface area contributed by atoms with Gasteiger partial charge in [0.05, 0.1) is 15.6 Å². The van der Waals surface area contributed by atoms with Crippen molar-refractivity contribution < 1.29 is 24.0 Å². The highest BCUT2D eigenvalue weighted by Crippen LogP contribution is 2.26. The third-order valence-corrected chi connectivity index (χ3v) is 3.84. The van der Waals surface area contributed by atoms with Crippen LogP contribution in [0.4, 0.5) is 11.4 Å². The van der Waals surface area contributed by atoms with E-state index in [1.165, 1.54) is 43.3 Å². The normalized spacial score (nSPS) is 11.4. The van der Waals surface area contributed by atoms with E-state index >= 15 is 0 Å². The fraction of sp³-hybridized carbons (Fsp3) is 0.176. The molecule has 0 aromatic heterocycles. The number of carbonyl (C=O) groups excluding carboxylic acids is 2. The zero-order valence-electron chi connectivity index (χ0n) is 14.0. The first-order valence-electron chi connectivity index (χ1n) is 7.59. The predicted molar refractivity (Wildman–Crippen MR) is 99.2 cm³/mol. The number of nitro groups is 1. The number of amides is 1. The van der Waals surface area contributed by atoms with E-state index in [-0.39, 0.29) is 22.1 Å². The molecule has 1 amide bonds. The predicted octanol–water partition coefficient (Wildman–Crippen LogP) is 3.85. The van der Waals surface area contributed by atoms with Crippen LogP contribution in [0.5, 0.6) is 5.75 Å². The Labute approximate surface area is 164 Å². The fourth-order valence-electron chi connectivity index (χ4n) is 1.98. The Morgan fingerprint density at radius 3 is 2.63 bits per heavy atom. The van der Waals surface area contributed by atoms with E-state index in [0.717, 1.165) is 0 Å². The zero-order chi connectivity index (χ0) is 20.0. The van der Waals surface area contributed by atoms with Crippen LogP contribution < -0.4 is 10.1 Å². The van der Waals surface area contributed by atoms with Crippen LogP contribution >= 0.6 is 23.2 Å². The van der Waals surface area contributed by atoms with Crippen LogP contribution in [0.15, 0.2) is 42.5 Å². The Morgan fingerprint density at radius 2 is 1.93 bits per heavy atom. The van der Waals surface area contributed by atoms with E-state index in [1.807, 2.05) is 0 Å². The van der Waals surface area contributed by atoms with Crippen molar-refractivity contribution in [1.82, 2.24) is 0 Å². The monoisotopic (exact) mass is 412 g/mol. The van der Waals surface area contributed by atoms with E-state index in [1.54, 1.807) is 6.07 Å². The molecule has 0 aliphatic heterocycles. The molecule has 8 nitrogen and oxygen atoms in total. The summed E-state index contributed by atoms with van der Waals surface area (Å²) in [6.45, 7) is 0.761. The van der Waals surface area contributed by atoms with Gasteiger partial charge in [-0.15, -0.1) is 0 Å². The van der Waals surface area contributed by atoms with Crippen molar-refractivity contribution in [2.24, 2.45) is 0 Å². The molecule has 0 spiro atoms. The smallest absolute Gasteiger partial charge is 0.344 e. The Kier molecular flexibility index (Phi) is 6.98. The number of nitro benzene ring substituents is 1. The third kappa shape index (κ3) is 5.83. The number of nitrogens with zero attached hydrogens (tertiary/aromatic N) is 1. The Morgan fingerprint density at radius 1 is 1.22 bits per heavy atom. The number of benzene rings is 2. The van der Waals surface area contributed by atoms with Gasteiger partial charge in [-0.2, -0.15) is 0 Å². The average Bonchev–Trinajstić information content (AvgIpc) is 2.63. The minimum Gasteiger partial charge on any atom is -0.475 e. The van der Waals surface area contributed by atoms with Gasteiger partial charge in [0.25, 0.3) is 5.91 Å². The van der Waals surface area contributed by atoms with Crippen molar-refractivity contribution >= 4 is 46.5 Å². The molecule has 0 fully saturated rings. The van der Waals surface area contributed by atoms with Crippen molar-refractivity contribution in [3.8, 4) is 5.75 Å². The number of hydrogen-bond acceptors (Lipinski definition) is 6. The summed E-state index contributed by atoms with van der Waals surface area (Å²) >= 11 is 11.8. The van der Waals surface area contributed by atoms with E-state index < -0.39 is 29.5 Å². The molecule has 142 valence electrons. The summed E-state index contributed by atoms with van der Waals surface area (Å²) < 4.78 is 10.1. The topological polar surface area (TPSA) is 108 Å². The van der Waals surface area contributed by atoms with Gasteiger partial charge in [0.2, 0.25) is 0 Å². The number of carbonyl (C=O) groups is 2. The van der Waals surface area contributed by atoms with Crippen molar-refractivity contribution in [3.05, 3.63) is 62.6 Å². The molecule has 2 aromatic rings. The maximum Gasteiger partial charge on any atom is 0.344 e. The number of ether oxygens (including phenoxy) is 2. The van der Waals surface area contributed by atoms with Crippen LogP contribution in [-0.4, -0.2) is 29.5 Å². The molecule has 0 radical (unpaired) electrons. The van der Waals surface area contributed by atoms with Crippen LogP contribution in [0.25, 0.3) is 0 Å². The molecule has 0 saturated carbocycles. The maximum absolute atomic E-state index is 12.1. The highest BCUT2D eigenvalue weighted by Gasteiger charge is 2.21. The van der Waals surface area contributed by atoms with E-state index in [0.29, 0.717) is 5.02 Å². The van der Waals surface area contributed by atoms with Gasteiger partial charge in [0.15, 0.2) is 18.5 Å². The van der Waals surface area contributed by atoms with Gasteiger partial charge in [-0.25, -0.2) is 4.79 Å². The van der Waals surface area contributed by atoms with Crippen molar-refractivity contribution in [2.75, 3.05) is 11.9 Å². The average molecular weight is 413 g/mol. The van der Waals surface area contributed by atoms with Gasteiger partial charge in [-0.05, 0) is 31.2 Å². The first-order valence-corrected chi connectivity index (χ1v) is 8.35. The summed E-state index contributed by atoms with van der Waals surface area (Å²) in [7, 11) is 0. The molecule has 10 heteroatoms. The molecular formula is C17H14Cl2N2O6. The molecule has 1 atom stereocenters. The molecule has 0 aliphatic rings. The first-order chi connectivity index (χ1) is 12.8. The quantitative estimate of drug-likeness (QED) is 0.420. The summed E-state index contributed by atoms with van der Waals surface area (Å²) in [5.74, 6) is -1.58. The van der Waals surface area contributed by atoms with Gasteiger partial charge in [-0.1, -0.05) is 35.3 Å². The molecule has 0 saturated heterocycles. The van der Waals surface area contributed by atoms with Crippen molar-refractivity contribution in [3.63, 3.8) is 0 Å². The zero-order valence-corrected chi connectivity index (χ0v) is 15.5. The van der Waals surface area contributed by atoms with Crippen LogP contribution in [-0.2, 0) is 14.3 Å². The number of para-hydroxylation sites is 2. The number of esters is 1. The van der Waals surface area contributed by atoms with Crippen LogP contribution in [0.2, 0.25) is 10.0 Å². The second kappa shape index (κ2) is 9.20. The summed E-state index contributed by atoms with van der Waals surface area (Å²) in [6, 6.07) is 10.1. The van der Waals surface area contributed by atoms with Crippen molar-refractivity contribution in [2.45, 2.75) is 13.0 Å². The Hall–Kier alpha value is -2.84. The van der Waals surface area contributed by atoms with Crippen LogP contribution in [0, 0.1) is 10.1 Å². The van der Waals surface area contributed by atoms with E-state index in [9.17, 15) is 19.7 Å². The van der Waals surface area contributed by atoms with Crippen LogP contribution in [0.1, 0.15) is 6.92 Å². The minimum atomic E-state index is -1.15. The number of rotatable bonds is 7. The molecule has 27 heavy (non-hydrogen) atoms. The third-order valence-electron chi connectivity index (χ3n) is 3.27. The molecule has 1 unspecified atom stereocenters. The summed E-state index contributed by atoms with van der Waals surface area (Å²) in [5.41, 5.74) is -0.0140.